The molecular weight excluding hydrogens is 290 g/mol. The average molecular weight is 313 g/mol. The number of aryl methyl sites for hydroxylation is 2. The SMILES string of the molecule is Cc1cn(C)c([C@H]2CCCN(Cc3ccc(C(=O)O)cc3)C2)n1. The Kier molecular flexibility index (Phi) is 4.48. The molecule has 0 radical (unpaired) electrons. The van der Waals surface area contributed by atoms with Crippen molar-refractivity contribution in [2.24, 2.45) is 7.05 Å². The molecule has 0 spiro atoms. The number of likely N-dealkylation sites (tertiary alicyclic amines) is 1. The molecule has 1 fully saturated rings. The second-order valence-corrected chi connectivity index (χ2v) is 6.43. The Hall–Kier alpha value is -2.14. The first-order valence-electron chi connectivity index (χ1n) is 8.07. The fourth-order valence-electron chi connectivity index (χ4n) is 3.43. The van der Waals surface area contributed by atoms with Gasteiger partial charge < -0.3 is 9.67 Å². The van der Waals surface area contributed by atoms with Crippen LogP contribution in [0.15, 0.2) is 30.5 Å². The van der Waals surface area contributed by atoms with Crippen molar-refractivity contribution in [1.82, 2.24) is 14.5 Å². The van der Waals surface area contributed by atoms with Gasteiger partial charge in [0.2, 0.25) is 0 Å². The van der Waals surface area contributed by atoms with Crippen LogP contribution in [0.2, 0.25) is 0 Å². The third kappa shape index (κ3) is 3.62. The van der Waals surface area contributed by atoms with Crippen LogP contribution in [-0.4, -0.2) is 38.6 Å². The maximum absolute atomic E-state index is 10.9. The summed E-state index contributed by atoms with van der Waals surface area (Å²) in [6, 6.07) is 7.19. The Balaban J connectivity index is 1.66. The van der Waals surface area contributed by atoms with Gasteiger partial charge in [0.25, 0.3) is 0 Å². The summed E-state index contributed by atoms with van der Waals surface area (Å²) < 4.78 is 2.14. The normalized spacial score (nSPS) is 19.0. The van der Waals surface area contributed by atoms with Gasteiger partial charge >= 0.3 is 5.97 Å². The van der Waals surface area contributed by atoms with Gasteiger partial charge in [-0.2, -0.15) is 0 Å². The van der Waals surface area contributed by atoms with Gasteiger partial charge in [-0.3, -0.25) is 4.90 Å². The Morgan fingerprint density at radius 1 is 1.35 bits per heavy atom. The molecule has 5 nitrogen and oxygen atoms in total. The monoisotopic (exact) mass is 313 g/mol. The van der Waals surface area contributed by atoms with Gasteiger partial charge in [-0.05, 0) is 44.0 Å². The second kappa shape index (κ2) is 6.54. The lowest BCUT2D eigenvalue weighted by molar-refractivity contribution is 0.0697. The van der Waals surface area contributed by atoms with Crippen molar-refractivity contribution < 1.29 is 9.90 Å². The van der Waals surface area contributed by atoms with Gasteiger partial charge in [-0.1, -0.05) is 12.1 Å². The fourth-order valence-corrected chi connectivity index (χ4v) is 3.43. The molecule has 5 heteroatoms. The number of hydrogen-bond donors (Lipinski definition) is 1. The molecule has 3 rings (SSSR count). The van der Waals surface area contributed by atoms with E-state index in [2.05, 4.69) is 27.7 Å². The number of benzene rings is 1. The number of piperidine rings is 1. The molecule has 1 aliphatic heterocycles. The van der Waals surface area contributed by atoms with Crippen molar-refractivity contribution in [3.8, 4) is 0 Å². The minimum atomic E-state index is -0.875. The molecule has 0 unspecified atom stereocenters. The summed E-state index contributed by atoms with van der Waals surface area (Å²) in [5, 5.41) is 8.97. The summed E-state index contributed by atoms with van der Waals surface area (Å²) in [6.45, 7) is 4.99. The molecule has 0 amide bonds. The minimum Gasteiger partial charge on any atom is -0.478 e. The van der Waals surface area contributed by atoms with Crippen molar-refractivity contribution in [2.45, 2.75) is 32.2 Å². The van der Waals surface area contributed by atoms with Crippen molar-refractivity contribution in [1.29, 1.82) is 0 Å². The lowest BCUT2D eigenvalue weighted by atomic mass is 9.96. The molecule has 2 heterocycles. The number of aromatic nitrogens is 2. The van der Waals surface area contributed by atoms with Crippen LogP contribution in [0.4, 0.5) is 0 Å². The summed E-state index contributed by atoms with van der Waals surface area (Å²) in [6.07, 6.45) is 4.43. The zero-order valence-corrected chi connectivity index (χ0v) is 13.7. The van der Waals surface area contributed by atoms with Crippen molar-refractivity contribution in [3.05, 3.63) is 53.1 Å². The topological polar surface area (TPSA) is 58.4 Å². The highest BCUT2D eigenvalue weighted by molar-refractivity contribution is 5.87. The zero-order chi connectivity index (χ0) is 16.4. The van der Waals surface area contributed by atoms with Crippen LogP contribution >= 0.6 is 0 Å². The molecule has 0 aliphatic carbocycles. The lowest BCUT2D eigenvalue weighted by Crippen LogP contribution is -2.34. The number of nitrogens with zero attached hydrogens (tertiary/aromatic N) is 3. The van der Waals surface area contributed by atoms with E-state index in [-0.39, 0.29) is 0 Å². The third-order valence-corrected chi connectivity index (χ3v) is 4.51. The molecule has 1 N–H and O–H groups in total. The van der Waals surface area contributed by atoms with Gasteiger partial charge in [0.15, 0.2) is 0 Å². The summed E-state index contributed by atoms with van der Waals surface area (Å²) in [5.74, 6) is 0.772. The van der Waals surface area contributed by atoms with E-state index in [1.165, 1.54) is 18.7 Å². The Morgan fingerprint density at radius 3 is 2.70 bits per heavy atom. The van der Waals surface area contributed by atoms with Crippen LogP contribution in [-0.2, 0) is 13.6 Å². The van der Waals surface area contributed by atoms with Gasteiger partial charge in [0.1, 0.15) is 5.82 Å². The van der Waals surface area contributed by atoms with Crippen LogP contribution in [0, 0.1) is 6.92 Å². The fraction of sp³-hybridized carbons (Fsp3) is 0.444. The van der Waals surface area contributed by atoms with Crippen LogP contribution in [0.3, 0.4) is 0 Å². The van der Waals surface area contributed by atoms with E-state index in [4.69, 9.17) is 5.11 Å². The standard InChI is InChI=1S/C18H23N3O2/c1-13-10-20(2)17(19-13)16-4-3-9-21(12-16)11-14-5-7-15(8-6-14)18(22)23/h5-8,10,16H,3-4,9,11-12H2,1-2H3,(H,22,23)/t16-/m0/s1. The number of imidazole rings is 1. The largest absolute Gasteiger partial charge is 0.478 e. The van der Waals surface area contributed by atoms with Gasteiger partial charge in [-0.15, -0.1) is 0 Å². The Labute approximate surface area is 136 Å². The van der Waals surface area contributed by atoms with E-state index in [9.17, 15) is 4.79 Å². The van der Waals surface area contributed by atoms with E-state index in [0.717, 1.165) is 30.9 Å². The lowest BCUT2D eigenvalue weighted by Gasteiger charge is -2.32. The van der Waals surface area contributed by atoms with Crippen LogP contribution in [0.5, 0.6) is 0 Å². The summed E-state index contributed by atoms with van der Waals surface area (Å²) in [7, 11) is 2.07. The number of carboxylic acids is 1. The molecule has 2 aromatic rings. The third-order valence-electron chi connectivity index (χ3n) is 4.51. The second-order valence-electron chi connectivity index (χ2n) is 6.43. The first kappa shape index (κ1) is 15.7. The molecule has 1 saturated heterocycles. The molecule has 0 saturated carbocycles. The molecule has 1 atom stereocenters. The predicted molar refractivity (Wildman–Crippen MR) is 88.6 cm³/mol. The Bertz CT molecular complexity index is 691. The van der Waals surface area contributed by atoms with Gasteiger partial charge in [0, 0.05) is 32.3 Å². The maximum atomic E-state index is 10.9. The predicted octanol–water partition coefficient (Wildman–Crippen LogP) is 2.81. The smallest absolute Gasteiger partial charge is 0.335 e. The molecule has 1 aliphatic rings. The summed E-state index contributed by atoms with van der Waals surface area (Å²) in [4.78, 5) is 18.0. The number of hydrogen-bond acceptors (Lipinski definition) is 3. The molecule has 1 aromatic heterocycles. The highest BCUT2D eigenvalue weighted by Crippen LogP contribution is 2.27. The quantitative estimate of drug-likeness (QED) is 0.943. The summed E-state index contributed by atoms with van der Waals surface area (Å²) in [5.41, 5.74) is 2.57. The van der Waals surface area contributed by atoms with Crippen molar-refractivity contribution >= 4 is 5.97 Å². The molecule has 122 valence electrons. The van der Waals surface area contributed by atoms with Crippen molar-refractivity contribution in [3.63, 3.8) is 0 Å². The number of carbonyl (C=O) groups is 1. The van der Waals surface area contributed by atoms with Crippen LogP contribution < -0.4 is 0 Å². The van der Waals surface area contributed by atoms with E-state index in [1.807, 2.05) is 19.1 Å². The average Bonchev–Trinajstić information content (AvgIpc) is 2.87. The first-order valence-corrected chi connectivity index (χ1v) is 8.07. The molecule has 0 bridgehead atoms. The maximum Gasteiger partial charge on any atom is 0.335 e. The molecular formula is C18H23N3O2. The van der Waals surface area contributed by atoms with Gasteiger partial charge in [-0.25, -0.2) is 9.78 Å². The van der Waals surface area contributed by atoms with E-state index >= 15 is 0 Å². The molecule has 23 heavy (non-hydrogen) atoms. The summed E-state index contributed by atoms with van der Waals surface area (Å²) >= 11 is 0. The van der Waals surface area contributed by atoms with Crippen LogP contribution in [0.25, 0.3) is 0 Å². The van der Waals surface area contributed by atoms with E-state index < -0.39 is 5.97 Å². The van der Waals surface area contributed by atoms with Gasteiger partial charge in [0.05, 0.1) is 11.3 Å². The minimum absolute atomic E-state index is 0.341. The number of rotatable bonds is 4. The highest BCUT2D eigenvalue weighted by atomic mass is 16.4. The highest BCUT2D eigenvalue weighted by Gasteiger charge is 2.24. The first-order chi connectivity index (χ1) is 11.0. The zero-order valence-electron chi connectivity index (χ0n) is 13.7. The number of aromatic carboxylic acids is 1. The van der Waals surface area contributed by atoms with E-state index in [1.54, 1.807) is 12.1 Å². The van der Waals surface area contributed by atoms with Crippen molar-refractivity contribution in [2.75, 3.05) is 13.1 Å². The molecule has 1 aromatic carbocycles. The van der Waals surface area contributed by atoms with Crippen LogP contribution in [0.1, 0.15) is 46.2 Å². The Morgan fingerprint density at radius 2 is 2.09 bits per heavy atom. The number of carboxylic acid groups (broad SMARTS) is 1. The van der Waals surface area contributed by atoms with E-state index in [0.29, 0.717) is 11.5 Å².